The van der Waals surface area contributed by atoms with Gasteiger partial charge in [-0.3, -0.25) is 4.79 Å². The monoisotopic (exact) mass is 450 g/mol. The van der Waals surface area contributed by atoms with Gasteiger partial charge in [0.25, 0.3) is 0 Å². The number of ether oxygens (including phenoxy) is 1. The third-order valence-electron chi connectivity index (χ3n) is 5.52. The molecule has 8 heteroatoms. The lowest BCUT2D eigenvalue weighted by Crippen LogP contribution is -2.44. The van der Waals surface area contributed by atoms with Crippen LogP contribution in [0.4, 0.5) is 10.5 Å². The summed E-state index contributed by atoms with van der Waals surface area (Å²) in [5.74, 6) is 0.536. The second-order valence-electron chi connectivity index (χ2n) is 7.62. The molecule has 2 heterocycles. The second-order valence-corrected chi connectivity index (χ2v) is 8.48. The predicted octanol–water partition coefficient (Wildman–Crippen LogP) is 4.38. The van der Waals surface area contributed by atoms with E-state index in [0.717, 1.165) is 16.3 Å². The third-order valence-corrected chi connectivity index (χ3v) is 6.46. The number of nitrogens with zero attached hydrogens (tertiary/aromatic N) is 2. The Morgan fingerprint density at radius 2 is 1.81 bits per heavy atom. The second kappa shape index (κ2) is 10.3. The number of likely N-dealkylation sites (tertiary alicyclic amines) is 1. The lowest BCUT2D eigenvalue weighted by Gasteiger charge is -2.31. The fourth-order valence-corrected chi connectivity index (χ4v) is 4.54. The van der Waals surface area contributed by atoms with Crippen LogP contribution in [-0.4, -0.2) is 42.0 Å². The number of aromatic nitrogens is 1. The highest BCUT2D eigenvalue weighted by Gasteiger charge is 2.27. The van der Waals surface area contributed by atoms with Gasteiger partial charge in [0, 0.05) is 30.0 Å². The van der Waals surface area contributed by atoms with Gasteiger partial charge in [0.15, 0.2) is 0 Å². The highest BCUT2D eigenvalue weighted by Crippen LogP contribution is 2.25. The number of amides is 3. The molecule has 1 aliphatic heterocycles. The summed E-state index contributed by atoms with van der Waals surface area (Å²) in [5, 5.41) is 8.82. The summed E-state index contributed by atoms with van der Waals surface area (Å²) in [6, 6.07) is 17.1. The predicted molar refractivity (Wildman–Crippen MR) is 126 cm³/mol. The number of rotatable bonds is 6. The summed E-state index contributed by atoms with van der Waals surface area (Å²) in [4.78, 5) is 31.6. The average molecular weight is 451 g/mol. The first-order valence-corrected chi connectivity index (χ1v) is 11.5. The topological polar surface area (TPSA) is 83.6 Å². The minimum atomic E-state index is -0.177. The van der Waals surface area contributed by atoms with Gasteiger partial charge in [-0.05, 0) is 25.0 Å². The summed E-state index contributed by atoms with van der Waals surface area (Å²) in [5.41, 5.74) is 2.57. The molecule has 0 spiro atoms. The molecule has 4 rings (SSSR count). The zero-order valence-corrected chi connectivity index (χ0v) is 18.7. The van der Waals surface area contributed by atoms with Gasteiger partial charge in [0.05, 0.1) is 25.0 Å². The SMILES string of the molecule is COc1ccccc1NC(=O)N1CCC(C(=O)NCc2csc(-c3ccccc3)n2)CC1. The van der Waals surface area contributed by atoms with Crippen LogP contribution in [0.5, 0.6) is 5.75 Å². The highest BCUT2D eigenvalue weighted by atomic mass is 32.1. The highest BCUT2D eigenvalue weighted by molar-refractivity contribution is 7.13. The Bertz CT molecular complexity index is 1060. The van der Waals surface area contributed by atoms with Gasteiger partial charge in [-0.1, -0.05) is 42.5 Å². The van der Waals surface area contributed by atoms with E-state index < -0.39 is 0 Å². The Morgan fingerprint density at radius 3 is 2.56 bits per heavy atom. The molecule has 1 aliphatic rings. The van der Waals surface area contributed by atoms with Gasteiger partial charge < -0.3 is 20.3 Å². The largest absolute Gasteiger partial charge is 0.495 e. The molecule has 3 aromatic rings. The molecule has 0 radical (unpaired) electrons. The van der Waals surface area contributed by atoms with Crippen LogP contribution in [0.1, 0.15) is 18.5 Å². The van der Waals surface area contributed by atoms with Crippen molar-refractivity contribution in [1.29, 1.82) is 0 Å². The van der Waals surface area contributed by atoms with Crippen LogP contribution in [0.15, 0.2) is 60.0 Å². The number of nitrogens with one attached hydrogen (secondary N) is 2. The van der Waals surface area contributed by atoms with Crippen molar-refractivity contribution >= 4 is 29.0 Å². The van der Waals surface area contributed by atoms with E-state index in [-0.39, 0.29) is 17.9 Å². The van der Waals surface area contributed by atoms with Gasteiger partial charge in [0.2, 0.25) is 5.91 Å². The third kappa shape index (κ3) is 5.26. The molecule has 0 unspecified atom stereocenters. The number of hydrogen-bond donors (Lipinski definition) is 2. The lowest BCUT2D eigenvalue weighted by molar-refractivity contribution is -0.126. The van der Waals surface area contributed by atoms with E-state index in [1.54, 1.807) is 35.5 Å². The van der Waals surface area contributed by atoms with Crippen molar-refractivity contribution in [3.63, 3.8) is 0 Å². The number of anilines is 1. The lowest BCUT2D eigenvalue weighted by atomic mass is 9.96. The van der Waals surface area contributed by atoms with E-state index in [4.69, 9.17) is 4.74 Å². The number of urea groups is 1. The standard InChI is InChI=1S/C24H26N4O3S/c1-31-21-10-6-5-9-20(21)27-24(30)28-13-11-17(12-14-28)22(29)25-15-19-16-32-23(26-19)18-7-3-2-4-8-18/h2-10,16-17H,11-15H2,1H3,(H,25,29)(H,27,30). The van der Waals surface area contributed by atoms with Gasteiger partial charge in [-0.15, -0.1) is 11.3 Å². The molecule has 3 amide bonds. The number of benzene rings is 2. The van der Waals surface area contributed by atoms with Crippen LogP contribution in [-0.2, 0) is 11.3 Å². The molecule has 0 aliphatic carbocycles. The molecular weight excluding hydrogens is 424 g/mol. The van der Waals surface area contributed by atoms with Crippen LogP contribution in [0.25, 0.3) is 10.6 Å². The summed E-state index contributed by atoms with van der Waals surface area (Å²) < 4.78 is 5.28. The minimum absolute atomic E-state index is 0.0176. The molecule has 1 aromatic heterocycles. The van der Waals surface area contributed by atoms with Crippen LogP contribution in [0, 0.1) is 5.92 Å². The molecule has 7 nitrogen and oxygen atoms in total. The van der Waals surface area contributed by atoms with E-state index in [9.17, 15) is 9.59 Å². The van der Waals surface area contributed by atoms with E-state index in [1.807, 2.05) is 47.8 Å². The molecule has 1 fully saturated rings. The first-order chi connectivity index (χ1) is 15.6. The Labute approximate surface area is 191 Å². The first kappa shape index (κ1) is 21.8. The maximum atomic E-state index is 12.6. The molecule has 0 saturated carbocycles. The van der Waals surface area contributed by atoms with Gasteiger partial charge in [-0.2, -0.15) is 0 Å². The fourth-order valence-electron chi connectivity index (χ4n) is 3.71. The number of methoxy groups -OCH3 is 1. The molecular formula is C24H26N4O3S. The summed E-state index contributed by atoms with van der Waals surface area (Å²) in [7, 11) is 1.57. The smallest absolute Gasteiger partial charge is 0.321 e. The Balaban J connectivity index is 1.24. The molecule has 2 N–H and O–H groups in total. The van der Waals surface area contributed by atoms with Gasteiger partial charge in [-0.25, -0.2) is 9.78 Å². The molecule has 32 heavy (non-hydrogen) atoms. The van der Waals surface area contributed by atoms with Crippen molar-refractivity contribution in [1.82, 2.24) is 15.2 Å². The summed E-state index contributed by atoms with van der Waals surface area (Å²) in [6.45, 7) is 1.48. The normalized spacial score (nSPS) is 14.1. The van der Waals surface area contributed by atoms with Crippen molar-refractivity contribution < 1.29 is 14.3 Å². The Kier molecular flexibility index (Phi) is 7.01. The van der Waals surface area contributed by atoms with E-state index in [2.05, 4.69) is 15.6 Å². The van der Waals surface area contributed by atoms with Crippen molar-refractivity contribution in [3.05, 3.63) is 65.7 Å². The minimum Gasteiger partial charge on any atom is -0.495 e. The number of carbonyl (C=O) groups excluding carboxylic acids is 2. The molecule has 166 valence electrons. The van der Waals surface area contributed by atoms with Crippen molar-refractivity contribution in [2.24, 2.45) is 5.92 Å². The van der Waals surface area contributed by atoms with Crippen LogP contribution in [0.2, 0.25) is 0 Å². The number of hydrogen-bond acceptors (Lipinski definition) is 5. The number of carbonyl (C=O) groups is 2. The van der Waals surface area contributed by atoms with Crippen molar-refractivity contribution in [2.45, 2.75) is 19.4 Å². The quantitative estimate of drug-likeness (QED) is 0.584. The van der Waals surface area contributed by atoms with Crippen molar-refractivity contribution in [2.75, 3.05) is 25.5 Å². The Hall–Kier alpha value is -3.39. The number of piperidine rings is 1. The molecule has 1 saturated heterocycles. The number of para-hydroxylation sites is 2. The van der Waals surface area contributed by atoms with Crippen LogP contribution < -0.4 is 15.4 Å². The Morgan fingerprint density at radius 1 is 1.09 bits per heavy atom. The summed E-state index contributed by atoms with van der Waals surface area (Å²) >= 11 is 1.57. The maximum Gasteiger partial charge on any atom is 0.321 e. The van der Waals surface area contributed by atoms with Crippen LogP contribution >= 0.6 is 11.3 Å². The zero-order chi connectivity index (χ0) is 22.3. The maximum absolute atomic E-state index is 12.6. The van der Waals surface area contributed by atoms with Gasteiger partial charge >= 0.3 is 6.03 Å². The zero-order valence-electron chi connectivity index (χ0n) is 17.9. The van der Waals surface area contributed by atoms with E-state index in [0.29, 0.717) is 43.9 Å². The number of thiazole rings is 1. The molecule has 0 bridgehead atoms. The fraction of sp³-hybridized carbons (Fsp3) is 0.292. The molecule has 2 aromatic carbocycles. The van der Waals surface area contributed by atoms with Gasteiger partial charge in [0.1, 0.15) is 10.8 Å². The summed E-state index contributed by atoms with van der Waals surface area (Å²) in [6.07, 6.45) is 1.27. The van der Waals surface area contributed by atoms with Crippen molar-refractivity contribution in [3.8, 4) is 16.3 Å². The molecule has 0 atom stereocenters. The average Bonchev–Trinajstić information content (AvgIpc) is 3.32. The van der Waals surface area contributed by atoms with E-state index >= 15 is 0 Å². The first-order valence-electron chi connectivity index (χ1n) is 10.6. The van der Waals surface area contributed by atoms with Crippen LogP contribution in [0.3, 0.4) is 0 Å². The van der Waals surface area contributed by atoms with E-state index in [1.165, 1.54) is 0 Å².